The number of hydrogen-bond donors (Lipinski definition) is 0. The quantitative estimate of drug-likeness (QED) is 0.478. The van der Waals surface area contributed by atoms with Gasteiger partial charge in [0, 0.05) is 24.0 Å². The van der Waals surface area contributed by atoms with E-state index in [0.29, 0.717) is 9.70 Å². The van der Waals surface area contributed by atoms with Gasteiger partial charge in [0.05, 0.1) is 9.80 Å². The second-order valence-corrected chi connectivity index (χ2v) is 6.92. The van der Waals surface area contributed by atoms with Gasteiger partial charge in [-0.05, 0) is 18.9 Å². The molecule has 1 aromatic heterocycles. The lowest BCUT2D eigenvalue weighted by molar-refractivity contribution is -0.380. The first-order chi connectivity index (χ1) is 9.00. The first kappa shape index (κ1) is 14.5. The van der Waals surface area contributed by atoms with Crippen LogP contribution in [0.5, 0.6) is 0 Å². The molecule has 0 N–H and O–H groups in total. The molecule has 0 aliphatic heterocycles. The molecule has 1 saturated carbocycles. The third kappa shape index (κ3) is 3.14. The van der Waals surface area contributed by atoms with Crippen LogP contribution in [-0.2, 0) is 0 Å². The number of nitro groups is 1. The molecule has 0 radical (unpaired) electrons. The average molecular weight is 347 g/mol. The molecule has 0 bridgehead atoms. The summed E-state index contributed by atoms with van der Waals surface area (Å²) in [5, 5.41) is 10.7. The van der Waals surface area contributed by atoms with Crippen LogP contribution in [0.3, 0.4) is 0 Å². The lowest BCUT2D eigenvalue weighted by Gasteiger charge is -2.34. The molecule has 1 aromatic rings. The summed E-state index contributed by atoms with van der Waals surface area (Å²) in [4.78, 5) is 25.0. The van der Waals surface area contributed by atoms with E-state index in [1.807, 2.05) is 0 Å². The third-order valence-electron chi connectivity index (χ3n) is 3.45. The summed E-state index contributed by atoms with van der Waals surface area (Å²) in [6, 6.07) is 3.09. The zero-order valence-electron chi connectivity index (χ0n) is 10.5. The molecule has 1 aliphatic rings. The fourth-order valence-corrected chi connectivity index (χ4v) is 4.11. The van der Waals surface area contributed by atoms with Crippen molar-refractivity contribution in [2.75, 3.05) is 7.05 Å². The van der Waals surface area contributed by atoms with Crippen LogP contribution < -0.4 is 0 Å². The van der Waals surface area contributed by atoms with Gasteiger partial charge in [-0.1, -0.05) is 40.1 Å². The Morgan fingerprint density at radius 1 is 1.47 bits per heavy atom. The predicted molar refractivity (Wildman–Crippen MR) is 78.0 cm³/mol. The molecule has 0 spiro atoms. The highest BCUT2D eigenvalue weighted by molar-refractivity contribution is 9.09. The minimum atomic E-state index is -0.463. The van der Waals surface area contributed by atoms with Gasteiger partial charge in [0.25, 0.3) is 5.91 Å². The van der Waals surface area contributed by atoms with Crippen LogP contribution in [0.4, 0.5) is 5.00 Å². The number of rotatable bonds is 3. The summed E-state index contributed by atoms with van der Waals surface area (Å²) < 4.78 is 0. The fraction of sp³-hybridized carbons (Fsp3) is 0.583. The molecule has 1 aliphatic carbocycles. The lowest BCUT2D eigenvalue weighted by Crippen LogP contribution is -2.43. The molecular weight excluding hydrogens is 332 g/mol. The van der Waals surface area contributed by atoms with Crippen LogP contribution in [0.2, 0.25) is 0 Å². The Labute approximate surface area is 123 Å². The smallest absolute Gasteiger partial charge is 0.324 e. The molecule has 19 heavy (non-hydrogen) atoms. The fourth-order valence-electron chi connectivity index (χ4n) is 2.37. The largest absolute Gasteiger partial charge is 0.337 e. The van der Waals surface area contributed by atoms with E-state index in [4.69, 9.17) is 0 Å². The number of carbonyl (C=O) groups excluding carboxylic acids is 1. The molecule has 1 fully saturated rings. The highest BCUT2D eigenvalue weighted by Gasteiger charge is 2.30. The summed E-state index contributed by atoms with van der Waals surface area (Å²) in [6.07, 6.45) is 4.34. The van der Waals surface area contributed by atoms with Gasteiger partial charge < -0.3 is 4.90 Å². The van der Waals surface area contributed by atoms with Crippen LogP contribution in [-0.4, -0.2) is 33.6 Å². The second-order valence-electron chi connectivity index (χ2n) is 4.68. The Bertz CT molecular complexity index is 491. The number of carbonyl (C=O) groups is 1. The van der Waals surface area contributed by atoms with E-state index in [1.165, 1.54) is 18.6 Å². The Hall–Kier alpha value is -0.950. The molecule has 1 heterocycles. The van der Waals surface area contributed by atoms with E-state index < -0.39 is 4.92 Å². The Balaban J connectivity index is 2.11. The van der Waals surface area contributed by atoms with E-state index in [1.54, 1.807) is 11.9 Å². The van der Waals surface area contributed by atoms with Crippen molar-refractivity contribution in [3.05, 3.63) is 27.1 Å². The van der Waals surface area contributed by atoms with Crippen LogP contribution in [0.1, 0.15) is 35.4 Å². The molecule has 2 atom stereocenters. The van der Waals surface area contributed by atoms with Crippen molar-refractivity contribution in [3.63, 3.8) is 0 Å². The maximum absolute atomic E-state index is 12.3. The van der Waals surface area contributed by atoms with Gasteiger partial charge in [-0.25, -0.2) is 0 Å². The first-order valence-electron chi connectivity index (χ1n) is 6.16. The van der Waals surface area contributed by atoms with Gasteiger partial charge in [-0.15, -0.1) is 0 Å². The van der Waals surface area contributed by atoms with Crippen molar-refractivity contribution >= 4 is 38.2 Å². The number of halogens is 1. The number of amides is 1. The molecule has 5 nitrogen and oxygen atoms in total. The van der Waals surface area contributed by atoms with Crippen molar-refractivity contribution in [1.82, 2.24) is 4.90 Å². The lowest BCUT2D eigenvalue weighted by atomic mass is 9.94. The summed E-state index contributed by atoms with van der Waals surface area (Å²) >= 11 is 4.56. The zero-order chi connectivity index (χ0) is 14.0. The van der Waals surface area contributed by atoms with E-state index in [2.05, 4.69) is 15.9 Å². The summed E-state index contributed by atoms with van der Waals surface area (Å²) in [6.45, 7) is 0. The first-order valence-corrected chi connectivity index (χ1v) is 7.89. The van der Waals surface area contributed by atoms with E-state index in [-0.39, 0.29) is 17.0 Å². The second kappa shape index (κ2) is 6.00. The molecule has 1 amide bonds. The van der Waals surface area contributed by atoms with Gasteiger partial charge in [0.2, 0.25) is 0 Å². The monoisotopic (exact) mass is 346 g/mol. The van der Waals surface area contributed by atoms with Crippen LogP contribution in [0.15, 0.2) is 12.1 Å². The molecule has 104 valence electrons. The summed E-state index contributed by atoms with van der Waals surface area (Å²) in [5.41, 5.74) is 0. The predicted octanol–water partition coefficient (Wildman–Crippen LogP) is 3.43. The Morgan fingerprint density at radius 3 is 2.74 bits per heavy atom. The zero-order valence-corrected chi connectivity index (χ0v) is 12.9. The van der Waals surface area contributed by atoms with E-state index >= 15 is 0 Å². The van der Waals surface area contributed by atoms with Crippen LogP contribution in [0, 0.1) is 10.1 Å². The third-order valence-corrected chi connectivity index (χ3v) is 5.54. The number of thiophene rings is 1. The Kier molecular flexibility index (Phi) is 4.57. The van der Waals surface area contributed by atoms with Gasteiger partial charge >= 0.3 is 5.00 Å². The average Bonchev–Trinajstić information content (AvgIpc) is 2.87. The molecule has 0 saturated heterocycles. The molecular formula is C12H15BrN2O3S. The normalized spacial score (nSPS) is 23.1. The Morgan fingerprint density at radius 2 is 2.16 bits per heavy atom. The SMILES string of the molecule is CN(C(=O)c1ccc([N+](=O)[O-])s1)C1CCCCC1Br. The van der Waals surface area contributed by atoms with Crippen molar-refractivity contribution < 1.29 is 9.72 Å². The number of nitrogens with zero attached hydrogens (tertiary/aromatic N) is 2. The van der Waals surface area contributed by atoms with E-state index in [9.17, 15) is 14.9 Å². The molecule has 2 rings (SSSR count). The topological polar surface area (TPSA) is 63.5 Å². The summed E-state index contributed by atoms with van der Waals surface area (Å²) in [5.74, 6) is -0.130. The van der Waals surface area contributed by atoms with Gasteiger partial charge in [-0.2, -0.15) is 0 Å². The highest BCUT2D eigenvalue weighted by atomic mass is 79.9. The van der Waals surface area contributed by atoms with Gasteiger partial charge in [0.15, 0.2) is 0 Å². The maximum Gasteiger partial charge on any atom is 0.324 e. The van der Waals surface area contributed by atoms with Crippen molar-refractivity contribution in [1.29, 1.82) is 0 Å². The maximum atomic E-state index is 12.3. The number of hydrogen-bond acceptors (Lipinski definition) is 4. The van der Waals surface area contributed by atoms with Gasteiger partial charge in [0.1, 0.15) is 0 Å². The molecule has 0 aromatic carbocycles. The standard InChI is InChI=1S/C12H15BrN2O3S/c1-14(9-5-3-2-4-8(9)13)12(16)10-6-7-11(19-10)15(17)18/h6-9H,2-5H2,1H3. The molecule has 2 unspecified atom stereocenters. The van der Waals surface area contributed by atoms with Crippen molar-refractivity contribution in [3.8, 4) is 0 Å². The van der Waals surface area contributed by atoms with Crippen LogP contribution >= 0.6 is 27.3 Å². The van der Waals surface area contributed by atoms with E-state index in [0.717, 1.165) is 30.6 Å². The minimum Gasteiger partial charge on any atom is -0.337 e. The van der Waals surface area contributed by atoms with Crippen molar-refractivity contribution in [2.24, 2.45) is 0 Å². The number of alkyl halides is 1. The van der Waals surface area contributed by atoms with Crippen LogP contribution in [0.25, 0.3) is 0 Å². The molecule has 7 heteroatoms. The highest BCUT2D eigenvalue weighted by Crippen LogP contribution is 2.30. The summed E-state index contributed by atoms with van der Waals surface area (Å²) in [7, 11) is 1.78. The van der Waals surface area contributed by atoms with Gasteiger partial charge in [-0.3, -0.25) is 14.9 Å². The minimum absolute atomic E-state index is 0.00999. The van der Waals surface area contributed by atoms with Crippen molar-refractivity contribution in [2.45, 2.75) is 36.6 Å².